The Balaban J connectivity index is 1.44. The van der Waals surface area contributed by atoms with E-state index >= 15 is 0 Å². The van der Waals surface area contributed by atoms with Gasteiger partial charge in [0.15, 0.2) is 0 Å². The summed E-state index contributed by atoms with van der Waals surface area (Å²) in [5.74, 6) is 0.777. The third-order valence-electron chi connectivity index (χ3n) is 4.90. The predicted molar refractivity (Wildman–Crippen MR) is 106 cm³/mol. The van der Waals surface area contributed by atoms with E-state index < -0.39 is 0 Å². The summed E-state index contributed by atoms with van der Waals surface area (Å²) in [4.78, 5) is 28.0. The average molecular weight is 387 g/mol. The Morgan fingerprint density at radius 2 is 2.12 bits per heavy atom. The van der Waals surface area contributed by atoms with Crippen molar-refractivity contribution in [2.24, 2.45) is 5.92 Å². The quantitative estimate of drug-likeness (QED) is 0.852. The van der Waals surface area contributed by atoms with E-state index in [0.717, 1.165) is 27.6 Å². The van der Waals surface area contributed by atoms with Crippen molar-refractivity contribution < 1.29 is 9.59 Å². The number of carbonyl (C=O) groups is 2. The van der Waals surface area contributed by atoms with Crippen LogP contribution in [-0.2, 0) is 16.0 Å². The molecular weight excluding hydrogens is 368 g/mol. The highest BCUT2D eigenvalue weighted by molar-refractivity contribution is 7.99. The summed E-state index contributed by atoms with van der Waals surface area (Å²) >= 11 is 7.85. The lowest BCUT2D eigenvalue weighted by Crippen LogP contribution is -2.36. The number of hydrogen-bond donors (Lipinski definition) is 1. The molecule has 0 bridgehead atoms. The molecule has 2 aromatic carbocycles. The molecule has 0 spiro atoms. The first kappa shape index (κ1) is 17.4. The van der Waals surface area contributed by atoms with E-state index in [1.807, 2.05) is 47.4 Å². The summed E-state index contributed by atoms with van der Waals surface area (Å²) in [6.45, 7) is 0.677. The van der Waals surface area contributed by atoms with E-state index in [1.165, 1.54) is 0 Å². The monoisotopic (exact) mass is 386 g/mol. The first-order valence-electron chi connectivity index (χ1n) is 8.73. The van der Waals surface area contributed by atoms with Gasteiger partial charge in [0.2, 0.25) is 11.8 Å². The number of benzene rings is 2. The van der Waals surface area contributed by atoms with Crippen LogP contribution in [0.2, 0.25) is 5.02 Å². The highest BCUT2D eigenvalue weighted by atomic mass is 35.5. The van der Waals surface area contributed by atoms with Gasteiger partial charge in [-0.25, -0.2) is 0 Å². The number of nitrogens with one attached hydrogen (secondary N) is 1. The number of rotatable bonds is 3. The summed E-state index contributed by atoms with van der Waals surface area (Å²) < 4.78 is 0. The first-order chi connectivity index (χ1) is 12.6. The van der Waals surface area contributed by atoms with Crippen molar-refractivity contribution in [2.75, 3.05) is 22.5 Å². The molecule has 2 aromatic rings. The largest absolute Gasteiger partial charge is 0.326 e. The smallest absolute Gasteiger partial charge is 0.227 e. The van der Waals surface area contributed by atoms with Crippen LogP contribution in [0.3, 0.4) is 0 Å². The normalized spacial score (nSPS) is 18.7. The average Bonchev–Trinajstić information content (AvgIpc) is 2.65. The van der Waals surface area contributed by atoms with Crippen molar-refractivity contribution >= 4 is 46.6 Å². The van der Waals surface area contributed by atoms with Crippen LogP contribution in [0.25, 0.3) is 0 Å². The van der Waals surface area contributed by atoms with Crippen molar-refractivity contribution in [1.82, 2.24) is 0 Å². The lowest BCUT2D eigenvalue weighted by atomic mass is 9.89. The van der Waals surface area contributed by atoms with Crippen LogP contribution in [0.4, 0.5) is 11.4 Å². The van der Waals surface area contributed by atoms with Gasteiger partial charge in [-0.3, -0.25) is 9.59 Å². The molecule has 1 unspecified atom stereocenters. The zero-order valence-electron chi connectivity index (χ0n) is 14.2. The molecule has 2 heterocycles. The van der Waals surface area contributed by atoms with Gasteiger partial charge >= 0.3 is 0 Å². The summed E-state index contributed by atoms with van der Waals surface area (Å²) in [6, 6.07) is 13.5. The Morgan fingerprint density at radius 3 is 3.00 bits per heavy atom. The number of anilines is 2. The number of para-hydroxylation sites is 1. The van der Waals surface area contributed by atoms with Crippen molar-refractivity contribution in [2.45, 2.75) is 24.2 Å². The second-order valence-corrected chi connectivity index (χ2v) is 8.17. The fourth-order valence-corrected chi connectivity index (χ4v) is 4.67. The van der Waals surface area contributed by atoms with Gasteiger partial charge in [0.25, 0.3) is 0 Å². The summed E-state index contributed by atoms with van der Waals surface area (Å²) in [5, 5.41) is 3.58. The number of halogens is 1. The van der Waals surface area contributed by atoms with E-state index in [4.69, 9.17) is 11.6 Å². The fourth-order valence-electron chi connectivity index (χ4n) is 3.53. The van der Waals surface area contributed by atoms with Crippen LogP contribution in [0.5, 0.6) is 0 Å². The SMILES string of the molecule is O=C1Nc2ccccc2CC1CCC(=O)N1CCSc2ccc(Cl)cc21. The molecule has 2 aliphatic rings. The molecule has 2 aliphatic heterocycles. The maximum Gasteiger partial charge on any atom is 0.227 e. The molecule has 0 saturated carbocycles. The first-order valence-corrected chi connectivity index (χ1v) is 10.1. The molecule has 0 saturated heterocycles. The van der Waals surface area contributed by atoms with Gasteiger partial charge in [-0.1, -0.05) is 29.8 Å². The van der Waals surface area contributed by atoms with E-state index in [2.05, 4.69) is 5.32 Å². The molecule has 1 atom stereocenters. The van der Waals surface area contributed by atoms with Crippen LogP contribution in [-0.4, -0.2) is 24.1 Å². The molecule has 0 aromatic heterocycles. The lowest BCUT2D eigenvalue weighted by molar-refractivity contribution is -0.121. The molecule has 4 rings (SSSR count). The number of hydrogen-bond acceptors (Lipinski definition) is 3. The molecule has 0 aliphatic carbocycles. The van der Waals surface area contributed by atoms with Crippen molar-refractivity contribution in [3.8, 4) is 0 Å². The molecule has 6 heteroatoms. The van der Waals surface area contributed by atoms with Gasteiger partial charge < -0.3 is 10.2 Å². The van der Waals surface area contributed by atoms with Gasteiger partial charge in [-0.2, -0.15) is 0 Å². The zero-order valence-corrected chi connectivity index (χ0v) is 15.8. The van der Waals surface area contributed by atoms with E-state index in [0.29, 0.717) is 30.8 Å². The fraction of sp³-hybridized carbons (Fsp3) is 0.300. The number of amides is 2. The van der Waals surface area contributed by atoms with E-state index in [1.54, 1.807) is 11.8 Å². The Hall–Kier alpha value is -1.98. The van der Waals surface area contributed by atoms with Crippen molar-refractivity contribution in [3.63, 3.8) is 0 Å². The topological polar surface area (TPSA) is 49.4 Å². The molecule has 0 radical (unpaired) electrons. The standard InChI is InChI=1S/C20H19ClN2O2S/c21-15-6-7-18-17(12-15)23(9-10-26-18)19(24)8-5-14-11-13-3-1-2-4-16(13)22-20(14)25/h1-4,6-7,12,14H,5,8-11H2,(H,22,25). The summed E-state index contributed by atoms with van der Waals surface area (Å²) in [5.41, 5.74) is 2.91. The number of nitrogens with zero attached hydrogens (tertiary/aromatic N) is 1. The minimum absolute atomic E-state index is 0.00847. The molecule has 0 fully saturated rings. The Kier molecular flexibility index (Phi) is 4.92. The Labute approximate surface area is 161 Å². The number of thioether (sulfide) groups is 1. The molecule has 1 N–H and O–H groups in total. The summed E-state index contributed by atoms with van der Waals surface area (Å²) in [7, 11) is 0. The summed E-state index contributed by atoms with van der Waals surface area (Å²) in [6.07, 6.45) is 1.60. The van der Waals surface area contributed by atoms with Crippen molar-refractivity contribution in [1.29, 1.82) is 0 Å². The van der Waals surface area contributed by atoms with E-state index in [9.17, 15) is 9.59 Å². The highest BCUT2D eigenvalue weighted by Gasteiger charge is 2.28. The van der Waals surface area contributed by atoms with E-state index in [-0.39, 0.29) is 17.7 Å². The second-order valence-electron chi connectivity index (χ2n) is 6.59. The maximum atomic E-state index is 12.8. The molecule has 26 heavy (non-hydrogen) atoms. The van der Waals surface area contributed by atoms with Gasteiger partial charge in [-0.15, -0.1) is 11.8 Å². The minimum atomic E-state index is -0.160. The third kappa shape index (κ3) is 3.46. The van der Waals surface area contributed by atoms with Crippen LogP contribution in [0, 0.1) is 5.92 Å². The van der Waals surface area contributed by atoms with Crippen LogP contribution in [0.15, 0.2) is 47.4 Å². The minimum Gasteiger partial charge on any atom is -0.326 e. The van der Waals surface area contributed by atoms with Crippen LogP contribution < -0.4 is 10.2 Å². The number of carbonyl (C=O) groups excluding carboxylic acids is 2. The molecule has 2 amide bonds. The van der Waals surface area contributed by atoms with Gasteiger partial charge in [-0.05, 0) is 42.7 Å². The maximum absolute atomic E-state index is 12.8. The van der Waals surface area contributed by atoms with Crippen LogP contribution >= 0.6 is 23.4 Å². The molecule has 134 valence electrons. The predicted octanol–water partition coefficient (Wildman–Crippen LogP) is 4.37. The second kappa shape index (κ2) is 7.33. The highest BCUT2D eigenvalue weighted by Crippen LogP contribution is 2.37. The van der Waals surface area contributed by atoms with Crippen LogP contribution in [0.1, 0.15) is 18.4 Å². The third-order valence-corrected chi connectivity index (χ3v) is 6.18. The lowest BCUT2D eigenvalue weighted by Gasteiger charge is -2.30. The van der Waals surface area contributed by atoms with Gasteiger partial charge in [0.05, 0.1) is 5.69 Å². The molecular formula is C20H19ClN2O2S. The van der Waals surface area contributed by atoms with Crippen molar-refractivity contribution in [3.05, 3.63) is 53.1 Å². The number of fused-ring (bicyclic) bond motifs is 2. The zero-order chi connectivity index (χ0) is 18.1. The van der Waals surface area contributed by atoms with Gasteiger partial charge in [0, 0.05) is 40.2 Å². The Morgan fingerprint density at radius 1 is 1.27 bits per heavy atom. The molecule has 4 nitrogen and oxygen atoms in total. The Bertz CT molecular complexity index is 871. The van der Waals surface area contributed by atoms with Gasteiger partial charge in [0.1, 0.15) is 0 Å².